The lowest BCUT2D eigenvalue weighted by Crippen LogP contribution is -2.08. The molecule has 0 aliphatic carbocycles. The summed E-state index contributed by atoms with van der Waals surface area (Å²) in [5.41, 5.74) is 11.8. The fourth-order valence-electron chi connectivity index (χ4n) is 3.80. The van der Waals surface area contributed by atoms with Crippen LogP contribution in [0.4, 0.5) is 0 Å². The van der Waals surface area contributed by atoms with Crippen LogP contribution in [0.15, 0.2) is 69.5 Å². The molecule has 0 amide bonds. The molecule has 2 heterocycles. The molecule has 3 rings (SSSR count). The van der Waals surface area contributed by atoms with Crippen molar-refractivity contribution < 1.29 is 4.74 Å². The lowest BCUT2D eigenvalue weighted by molar-refractivity contribution is 0.430. The molecule has 0 saturated heterocycles. The summed E-state index contributed by atoms with van der Waals surface area (Å²) in [6.45, 7) is 12.0. The summed E-state index contributed by atoms with van der Waals surface area (Å²) in [5, 5.41) is 7.71. The molecule has 1 aliphatic heterocycles. The second kappa shape index (κ2) is 14.1. The van der Waals surface area contributed by atoms with Gasteiger partial charge in [-0.25, -0.2) is 9.97 Å². The van der Waals surface area contributed by atoms with E-state index >= 15 is 0 Å². The van der Waals surface area contributed by atoms with Crippen molar-refractivity contribution in [2.75, 3.05) is 12.3 Å². The first-order valence-corrected chi connectivity index (χ1v) is 13.8. The Morgan fingerprint density at radius 3 is 2.65 bits per heavy atom. The van der Waals surface area contributed by atoms with E-state index in [2.05, 4.69) is 43.7 Å². The number of hydrogen-bond acceptors (Lipinski definition) is 7. The fourth-order valence-corrected chi connectivity index (χ4v) is 4.68. The zero-order valence-electron chi connectivity index (χ0n) is 22.7. The van der Waals surface area contributed by atoms with E-state index in [0.29, 0.717) is 24.0 Å². The molecule has 3 N–H and O–H groups in total. The van der Waals surface area contributed by atoms with E-state index in [0.717, 1.165) is 59.7 Å². The number of nitrogens with one attached hydrogen (secondary N) is 1. The molecular weight excluding hydrogens is 478 g/mol. The topological polar surface area (TPSA) is 97.2 Å². The van der Waals surface area contributed by atoms with Crippen LogP contribution in [0.25, 0.3) is 11.4 Å². The Morgan fingerprint density at radius 1 is 1.22 bits per heavy atom. The second-order valence-electron chi connectivity index (χ2n) is 9.70. The summed E-state index contributed by atoms with van der Waals surface area (Å²) in [6.07, 6.45) is 12.2. The van der Waals surface area contributed by atoms with Crippen LogP contribution >= 0.6 is 11.8 Å². The van der Waals surface area contributed by atoms with Crippen molar-refractivity contribution >= 4 is 23.7 Å². The van der Waals surface area contributed by atoms with Crippen LogP contribution in [-0.4, -0.2) is 34.2 Å². The number of thioether (sulfide) groups is 1. The fraction of sp³-hybridized carbons (Fsp3) is 0.400. The van der Waals surface area contributed by atoms with Crippen molar-refractivity contribution in [2.24, 2.45) is 16.6 Å². The number of rotatable bonds is 10. The van der Waals surface area contributed by atoms with Gasteiger partial charge in [-0.3, -0.25) is 4.99 Å². The van der Waals surface area contributed by atoms with Crippen molar-refractivity contribution in [3.63, 3.8) is 0 Å². The highest BCUT2D eigenvalue weighted by atomic mass is 32.2. The first-order chi connectivity index (χ1) is 17.8. The van der Waals surface area contributed by atoms with E-state index in [1.165, 1.54) is 22.3 Å². The minimum atomic E-state index is 0.389. The Morgan fingerprint density at radius 2 is 1.97 bits per heavy atom. The van der Waals surface area contributed by atoms with Gasteiger partial charge in [-0.05, 0) is 74.1 Å². The number of aliphatic imine (C=N–C) groups is 1. The standard InChI is InChI=1S/C30H39N5OS/c1-20(2)10-12-33-28(26-8-6-21(3)23(5)37-13-11-26)14-22(4)36-29-15-24(16-31)7-9-27(29)30-34-18-25(17-32)19-35-30/h7,9,11,14-16,18-20,31H,6,8,10,12-13,17,32H2,1-5H3/b22-14+,23-21-,26-11+,31-16?,33-28+. The number of benzene rings is 1. The van der Waals surface area contributed by atoms with E-state index in [1.54, 1.807) is 12.4 Å². The zero-order valence-corrected chi connectivity index (χ0v) is 23.5. The van der Waals surface area contributed by atoms with Gasteiger partial charge < -0.3 is 15.9 Å². The van der Waals surface area contributed by atoms with Gasteiger partial charge in [-0.15, -0.1) is 11.8 Å². The van der Waals surface area contributed by atoms with Gasteiger partial charge in [0.15, 0.2) is 5.82 Å². The van der Waals surface area contributed by atoms with Gasteiger partial charge in [0.25, 0.3) is 0 Å². The minimum Gasteiger partial charge on any atom is -0.461 e. The quantitative estimate of drug-likeness (QED) is 0.258. The average molecular weight is 518 g/mol. The van der Waals surface area contributed by atoms with E-state index in [-0.39, 0.29) is 0 Å². The van der Waals surface area contributed by atoms with E-state index in [1.807, 2.05) is 43.0 Å². The highest BCUT2D eigenvalue weighted by Gasteiger charge is 2.14. The third kappa shape index (κ3) is 8.51. The van der Waals surface area contributed by atoms with Crippen LogP contribution in [0.2, 0.25) is 0 Å². The summed E-state index contributed by atoms with van der Waals surface area (Å²) < 4.78 is 6.37. The molecule has 1 aromatic carbocycles. The van der Waals surface area contributed by atoms with E-state index in [4.69, 9.17) is 20.9 Å². The SMILES string of the molecule is C/C1=C(\C)SC/C=C(C(/C=C(\C)Oc2cc(C=N)ccc2-c2ncc(CN)cn2)=N/CCC(C)C)\CC1. The van der Waals surface area contributed by atoms with Crippen molar-refractivity contribution in [1.29, 1.82) is 5.41 Å². The minimum absolute atomic E-state index is 0.389. The summed E-state index contributed by atoms with van der Waals surface area (Å²) in [6, 6.07) is 5.60. The summed E-state index contributed by atoms with van der Waals surface area (Å²) in [4.78, 5) is 15.4. The molecule has 1 aliphatic rings. The third-order valence-electron chi connectivity index (χ3n) is 6.28. The molecule has 7 heteroatoms. The van der Waals surface area contributed by atoms with Crippen molar-refractivity contribution in [1.82, 2.24) is 9.97 Å². The van der Waals surface area contributed by atoms with Crippen molar-refractivity contribution in [2.45, 2.75) is 60.4 Å². The molecule has 0 radical (unpaired) electrons. The van der Waals surface area contributed by atoms with Gasteiger partial charge in [0.2, 0.25) is 0 Å². The van der Waals surface area contributed by atoms with E-state index in [9.17, 15) is 0 Å². The van der Waals surface area contributed by atoms with E-state index < -0.39 is 0 Å². The van der Waals surface area contributed by atoms with Gasteiger partial charge in [-0.2, -0.15) is 0 Å². The Labute approximate surface area is 225 Å². The number of allylic oxidation sites excluding steroid dienone is 5. The Balaban J connectivity index is 1.93. The smallest absolute Gasteiger partial charge is 0.162 e. The van der Waals surface area contributed by atoms with Gasteiger partial charge in [0, 0.05) is 49.1 Å². The van der Waals surface area contributed by atoms with Crippen LogP contribution < -0.4 is 10.5 Å². The first-order valence-electron chi connectivity index (χ1n) is 12.9. The maximum atomic E-state index is 7.71. The molecule has 0 atom stereocenters. The summed E-state index contributed by atoms with van der Waals surface area (Å²) >= 11 is 1.89. The normalized spacial score (nSPS) is 18.7. The van der Waals surface area contributed by atoms with Crippen LogP contribution in [0.1, 0.15) is 65.0 Å². The second-order valence-corrected chi connectivity index (χ2v) is 10.9. The molecule has 6 nitrogen and oxygen atoms in total. The van der Waals surface area contributed by atoms with Gasteiger partial charge >= 0.3 is 0 Å². The van der Waals surface area contributed by atoms with Gasteiger partial charge in [-0.1, -0.05) is 31.6 Å². The highest BCUT2D eigenvalue weighted by Crippen LogP contribution is 2.31. The van der Waals surface area contributed by atoms with Crippen LogP contribution in [-0.2, 0) is 6.54 Å². The molecule has 196 valence electrons. The van der Waals surface area contributed by atoms with Crippen molar-refractivity contribution in [3.8, 4) is 17.1 Å². The van der Waals surface area contributed by atoms with Crippen LogP contribution in [0.5, 0.6) is 5.75 Å². The molecule has 0 fully saturated rings. The molecule has 0 spiro atoms. The number of nitrogens with zero attached hydrogens (tertiary/aromatic N) is 3. The lowest BCUT2D eigenvalue weighted by atomic mass is 10.00. The predicted molar refractivity (Wildman–Crippen MR) is 158 cm³/mol. The Bertz CT molecular complexity index is 1210. The molecule has 0 unspecified atom stereocenters. The number of aromatic nitrogens is 2. The maximum Gasteiger partial charge on any atom is 0.162 e. The summed E-state index contributed by atoms with van der Waals surface area (Å²) in [7, 11) is 0. The molecule has 37 heavy (non-hydrogen) atoms. The number of nitrogens with two attached hydrogens (primary N) is 1. The van der Waals surface area contributed by atoms with Crippen molar-refractivity contribution in [3.05, 3.63) is 75.7 Å². The predicted octanol–water partition coefficient (Wildman–Crippen LogP) is 7.12. The number of hydrogen-bond donors (Lipinski definition) is 2. The Kier molecular flexibility index (Phi) is 10.8. The average Bonchev–Trinajstić information content (AvgIpc) is 2.88. The maximum absolute atomic E-state index is 7.71. The monoisotopic (exact) mass is 517 g/mol. The highest BCUT2D eigenvalue weighted by molar-refractivity contribution is 8.03. The number of ether oxygens (including phenoxy) is 1. The third-order valence-corrected chi connectivity index (χ3v) is 7.40. The first kappa shape index (κ1) is 28.5. The van der Waals surface area contributed by atoms with Crippen LogP contribution in [0.3, 0.4) is 0 Å². The Hall–Kier alpha value is -3.03. The molecule has 1 aromatic heterocycles. The zero-order chi connectivity index (χ0) is 26.8. The molecule has 2 aromatic rings. The lowest BCUT2D eigenvalue weighted by Gasteiger charge is -2.16. The largest absolute Gasteiger partial charge is 0.461 e. The summed E-state index contributed by atoms with van der Waals surface area (Å²) in [5.74, 6) is 3.42. The molecule has 0 bridgehead atoms. The molecule has 0 saturated carbocycles. The van der Waals surface area contributed by atoms with Crippen LogP contribution in [0, 0.1) is 11.3 Å². The molecular formula is C30H39N5OS. The van der Waals surface area contributed by atoms with Gasteiger partial charge in [0.1, 0.15) is 11.5 Å². The van der Waals surface area contributed by atoms with Gasteiger partial charge in [0.05, 0.1) is 11.3 Å².